The molecule has 1 aromatic carbocycles. The summed E-state index contributed by atoms with van der Waals surface area (Å²) in [4.78, 5) is 15.3. The molecule has 6 heteroatoms. The average molecular weight is 383 g/mol. The number of carbonyl (C=O) groups excluding carboxylic acids is 1. The predicted octanol–water partition coefficient (Wildman–Crippen LogP) is 3.31. The van der Waals surface area contributed by atoms with Crippen LogP contribution in [0.4, 0.5) is 0 Å². The molecule has 0 saturated carbocycles. The van der Waals surface area contributed by atoms with Crippen LogP contribution < -0.4 is 10.1 Å². The lowest BCUT2D eigenvalue weighted by molar-refractivity contribution is -0.123. The zero-order chi connectivity index (χ0) is 15.9. The van der Waals surface area contributed by atoms with Gasteiger partial charge in [0, 0.05) is 15.9 Å². The molecule has 1 aromatic heterocycles. The van der Waals surface area contributed by atoms with Gasteiger partial charge in [-0.2, -0.15) is 0 Å². The third kappa shape index (κ3) is 5.12. The number of thiophene rings is 1. The van der Waals surface area contributed by atoms with E-state index in [1.165, 1.54) is 4.88 Å². The third-order valence-corrected chi connectivity index (χ3v) is 4.67. The van der Waals surface area contributed by atoms with Gasteiger partial charge in [-0.3, -0.25) is 4.79 Å². The Labute approximate surface area is 143 Å². The van der Waals surface area contributed by atoms with Crippen LogP contribution in [0.5, 0.6) is 5.75 Å². The SMILES string of the molecule is CN(C)C(CNC(=O)COc1ccc(Br)cc1)c1cccs1. The standard InChI is InChI=1S/C16H19BrN2O2S/c1-19(2)14(15-4-3-9-22-15)10-18-16(20)11-21-13-7-5-12(17)6-8-13/h3-9,14H,10-11H2,1-2H3,(H,18,20). The number of nitrogens with zero attached hydrogens (tertiary/aromatic N) is 1. The minimum atomic E-state index is -0.119. The van der Waals surface area contributed by atoms with Gasteiger partial charge >= 0.3 is 0 Å². The van der Waals surface area contributed by atoms with Gasteiger partial charge < -0.3 is 15.0 Å². The first-order chi connectivity index (χ1) is 10.6. The van der Waals surface area contributed by atoms with Gasteiger partial charge in [0.2, 0.25) is 0 Å². The van der Waals surface area contributed by atoms with E-state index in [1.54, 1.807) is 11.3 Å². The highest BCUT2D eigenvalue weighted by molar-refractivity contribution is 9.10. The number of amides is 1. The summed E-state index contributed by atoms with van der Waals surface area (Å²) < 4.78 is 6.44. The molecule has 1 amide bonds. The van der Waals surface area contributed by atoms with E-state index in [-0.39, 0.29) is 18.6 Å². The Hall–Kier alpha value is -1.37. The largest absolute Gasteiger partial charge is 0.484 e. The molecular weight excluding hydrogens is 364 g/mol. The molecule has 0 aliphatic rings. The van der Waals surface area contributed by atoms with E-state index in [4.69, 9.17) is 4.74 Å². The molecule has 22 heavy (non-hydrogen) atoms. The fourth-order valence-electron chi connectivity index (χ4n) is 1.96. The van der Waals surface area contributed by atoms with E-state index < -0.39 is 0 Å². The maximum Gasteiger partial charge on any atom is 0.258 e. The van der Waals surface area contributed by atoms with Crippen molar-refractivity contribution in [2.24, 2.45) is 0 Å². The second-order valence-electron chi connectivity index (χ2n) is 5.04. The molecule has 1 atom stereocenters. The van der Waals surface area contributed by atoms with Crippen molar-refractivity contribution in [1.82, 2.24) is 10.2 Å². The van der Waals surface area contributed by atoms with Crippen molar-refractivity contribution >= 4 is 33.2 Å². The number of likely N-dealkylation sites (N-methyl/N-ethyl adjacent to an activating group) is 1. The molecule has 0 saturated heterocycles. The molecule has 2 aromatic rings. The van der Waals surface area contributed by atoms with Crippen molar-refractivity contribution in [2.45, 2.75) is 6.04 Å². The predicted molar refractivity (Wildman–Crippen MR) is 93.4 cm³/mol. The van der Waals surface area contributed by atoms with Crippen LogP contribution in [0.25, 0.3) is 0 Å². The van der Waals surface area contributed by atoms with Crippen LogP contribution in [-0.2, 0) is 4.79 Å². The van der Waals surface area contributed by atoms with Crippen LogP contribution in [0, 0.1) is 0 Å². The number of ether oxygens (including phenoxy) is 1. The lowest BCUT2D eigenvalue weighted by Gasteiger charge is -2.23. The Balaban J connectivity index is 1.80. The van der Waals surface area contributed by atoms with Gasteiger partial charge in [0.05, 0.1) is 6.04 Å². The van der Waals surface area contributed by atoms with Crippen molar-refractivity contribution in [3.05, 3.63) is 51.1 Å². The Morgan fingerprint density at radius 3 is 2.64 bits per heavy atom. The van der Waals surface area contributed by atoms with Gasteiger partial charge in [-0.15, -0.1) is 11.3 Å². The number of hydrogen-bond acceptors (Lipinski definition) is 4. The van der Waals surface area contributed by atoms with E-state index in [0.717, 1.165) is 4.47 Å². The van der Waals surface area contributed by atoms with Crippen LogP contribution in [0.2, 0.25) is 0 Å². The van der Waals surface area contributed by atoms with Gasteiger partial charge in [0.1, 0.15) is 5.75 Å². The Morgan fingerprint density at radius 2 is 2.05 bits per heavy atom. The molecule has 1 N–H and O–H groups in total. The summed E-state index contributed by atoms with van der Waals surface area (Å²) in [5.41, 5.74) is 0. The van der Waals surface area contributed by atoms with Crippen LogP contribution >= 0.6 is 27.3 Å². The zero-order valence-electron chi connectivity index (χ0n) is 12.6. The normalized spacial score (nSPS) is 12.2. The van der Waals surface area contributed by atoms with Crippen LogP contribution in [0.1, 0.15) is 10.9 Å². The second-order valence-corrected chi connectivity index (χ2v) is 6.94. The highest BCUT2D eigenvalue weighted by atomic mass is 79.9. The number of benzene rings is 1. The molecule has 0 aliphatic heterocycles. The van der Waals surface area contributed by atoms with Gasteiger partial charge in [-0.25, -0.2) is 0 Å². The van der Waals surface area contributed by atoms with Gasteiger partial charge in [-0.1, -0.05) is 22.0 Å². The molecule has 1 heterocycles. The fraction of sp³-hybridized carbons (Fsp3) is 0.312. The van der Waals surface area contributed by atoms with Crippen molar-refractivity contribution < 1.29 is 9.53 Å². The number of halogens is 1. The quantitative estimate of drug-likeness (QED) is 0.798. The first-order valence-electron chi connectivity index (χ1n) is 6.91. The molecule has 0 aliphatic carbocycles. The average Bonchev–Trinajstić information content (AvgIpc) is 3.00. The van der Waals surface area contributed by atoms with E-state index >= 15 is 0 Å². The first-order valence-corrected chi connectivity index (χ1v) is 8.58. The molecule has 2 rings (SSSR count). The highest BCUT2D eigenvalue weighted by Gasteiger charge is 2.16. The van der Waals surface area contributed by atoms with Gasteiger partial charge in [0.15, 0.2) is 6.61 Å². The smallest absolute Gasteiger partial charge is 0.258 e. The van der Waals surface area contributed by atoms with Gasteiger partial charge in [-0.05, 0) is 49.8 Å². The summed E-state index contributed by atoms with van der Waals surface area (Å²) >= 11 is 5.05. The maximum absolute atomic E-state index is 11.9. The molecule has 0 radical (unpaired) electrons. The molecule has 0 fully saturated rings. The van der Waals surface area contributed by atoms with Crippen LogP contribution in [0.15, 0.2) is 46.3 Å². The third-order valence-electron chi connectivity index (χ3n) is 3.17. The Kier molecular flexibility index (Phi) is 6.42. The molecule has 0 spiro atoms. The lowest BCUT2D eigenvalue weighted by atomic mass is 10.2. The molecule has 1 unspecified atom stereocenters. The summed E-state index contributed by atoms with van der Waals surface area (Å²) in [6, 6.07) is 11.7. The van der Waals surface area contributed by atoms with E-state index in [9.17, 15) is 4.79 Å². The van der Waals surface area contributed by atoms with Crippen molar-refractivity contribution in [1.29, 1.82) is 0 Å². The Bertz CT molecular complexity index is 585. The Morgan fingerprint density at radius 1 is 1.32 bits per heavy atom. The highest BCUT2D eigenvalue weighted by Crippen LogP contribution is 2.22. The lowest BCUT2D eigenvalue weighted by Crippen LogP contribution is -2.36. The summed E-state index contributed by atoms with van der Waals surface area (Å²) in [7, 11) is 4.02. The number of rotatable bonds is 7. The van der Waals surface area contributed by atoms with Crippen molar-refractivity contribution in [3.8, 4) is 5.75 Å². The van der Waals surface area contributed by atoms with Crippen molar-refractivity contribution in [3.63, 3.8) is 0 Å². The van der Waals surface area contributed by atoms with E-state index in [1.807, 2.05) is 49.8 Å². The summed E-state index contributed by atoms with van der Waals surface area (Å²) in [6.45, 7) is 0.586. The summed E-state index contributed by atoms with van der Waals surface area (Å²) in [6.07, 6.45) is 0. The summed E-state index contributed by atoms with van der Waals surface area (Å²) in [5.74, 6) is 0.562. The maximum atomic E-state index is 11.9. The number of carbonyl (C=O) groups is 1. The first kappa shape index (κ1) is 17.0. The zero-order valence-corrected chi connectivity index (χ0v) is 15.0. The van der Waals surface area contributed by atoms with E-state index in [0.29, 0.717) is 12.3 Å². The number of hydrogen-bond donors (Lipinski definition) is 1. The fourth-order valence-corrected chi connectivity index (χ4v) is 3.15. The van der Waals surface area contributed by atoms with Crippen LogP contribution in [-0.4, -0.2) is 38.1 Å². The van der Waals surface area contributed by atoms with Gasteiger partial charge in [0.25, 0.3) is 5.91 Å². The monoisotopic (exact) mass is 382 g/mol. The van der Waals surface area contributed by atoms with Crippen LogP contribution in [0.3, 0.4) is 0 Å². The second kappa shape index (κ2) is 8.31. The van der Waals surface area contributed by atoms with E-state index in [2.05, 4.69) is 32.2 Å². The molecule has 4 nitrogen and oxygen atoms in total. The molecule has 118 valence electrons. The molecule has 0 bridgehead atoms. The minimum Gasteiger partial charge on any atom is -0.484 e. The summed E-state index contributed by atoms with van der Waals surface area (Å²) in [5, 5.41) is 4.97. The topological polar surface area (TPSA) is 41.6 Å². The van der Waals surface area contributed by atoms with Crippen molar-refractivity contribution in [2.75, 3.05) is 27.2 Å². The minimum absolute atomic E-state index is 0.0201. The molecular formula is C16H19BrN2O2S. The number of nitrogens with one attached hydrogen (secondary N) is 1.